The Labute approximate surface area is 399 Å². The van der Waals surface area contributed by atoms with E-state index in [4.69, 9.17) is 33.2 Å². The second kappa shape index (κ2) is 19.0. The molecule has 68 heavy (non-hydrogen) atoms. The van der Waals surface area contributed by atoms with Gasteiger partial charge in [0.15, 0.2) is 18.9 Å². The second-order valence-electron chi connectivity index (χ2n) is 23.8. The average Bonchev–Trinajstić information content (AvgIpc) is 3.30. The third kappa shape index (κ3) is 8.12. The van der Waals surface area contributed by atoms with E-state index >= 15 is 0 Å². The Morgan fingerprint density at radius 3 is 1.75 bits per heavy atom. The molecule has 4 saturated carbocycles. The van der Waals surface area contributed by atoms with Crippen molar-refractivity contribution < 1.29 is 94.4 Å². The van der Waals surface area contributed by atoms with Gasteiger partial charge in [0.05, 0.1) is 50.8 Å². The molecular weight excluding hydrogens is 893 g/mol. The fourth-order valence-corrected chi connectivity index (χ4v) is 15.5. The van der Waals surface area contributed by atoms with E-state index in [-0.39, 0.29) is 47.9 Å². The summed E-state index contributed by atoms with van der Waals surface area (Å²) < 4.78 is 43.8. The average molecular weight is 975 g/mol. The zero-order valence-electron chi connectivity index (χ0n) is 40.9. The highest BCUT2D eigenvalue weighted by Gasteiger charge is 2.72. The van der Waals surface area contributed by atoms with Gasteiger partial charge in [-0.25, -0.2) is 0 Å². The summed E-state index contributed by atoms with van der Waals surface area (Å²) in [5.74, 6) is -0.255. The van der Waals surface area contributed by atoms with Gasteiger partial charge in [0.1, 0.15) is 67.1 Å². The molecule has 3 aliphatic heterocycles. The molecule has 3 saturated heterocycles. The van der Waals surface area contributed by atoms with Gasteiger partial charge in [0.25, 0.3) is 0 Å². The summed E-state index contributed by atoms with van der Waals surface area (Å²) in [6, 6.07) is 0. The Morgan fingerprint density at radius 1 is 0.618 bits per heavy atom. The quantitative estimate of drug-likeness (QED) is 0.0892. The first-order chi connectivity index (χ1) is 31.9. The number of aliphatic hydroxyl groups is 12. The van der Waals surface area contributed by atoms with Crippen LogP contribution in [0.15, 0.2) is 11.6 Å². The lowest BCUT2D eigenvalue weighted by molar-refractivity contribution is -0.398. The third-order valence-electron chi connectivity index (χ3n) is 19.8. The zero-order valence-corrected chi connectivity index (χ0v) is 40.9. The molecular formula is C49H82O19. The number of rotatable bonds is 11. The van der Waals surface area contributed by atoms with E-state index in [0.29, 0.717) is 25.7 Å². The van der Waals surface area contributed by atoms with Crippen LogP contribution in [-0.4, -0.2) is 205 Å². The van der Waals surface area contributed by atoms with Crippen molar-refractivity contribution in [3.05, 3.63) is 11.6 Å². The maximum atomic E-state index is 12.2. The molecule has 8 rings (SSSR count). The summed E-state index contributed by atoms with van der Waals surface area (Å²) in [5, 5.41) is 131. The highest BCUT2D eigenvalue weighted by molar-refractivity contribution is 5.37. The van der Waals surface area contributed by atoms with Gasteiger partial charge in [0.2, 0.25) is 0 Å². The van der Waals surface area contributed by atoms with Gasteiger partial charge in [0, 0.05) is 23.9 Å². The van der Waals surface area contributed by atoms with Crippen molar-refractivity contribution in [2.75, 3.05) is 33.5 Å². The molecule has 0 aromatic rings. The maximum Gasteiger partial charge on any atom is 0.187 e. The van der Waals surface area contributed by atoms with Crippen LogP contribution in [0.5, 0.6) is 0 Å². The Bertz CT molecular complexity index is 1800. The molecule has 5 aliphatic carbocycles. The van der Waals surface area contributed by atoms with Gasteiger partial charge < -0.3 is 94.4 Å². The molecule has 8 aliphatic rings. The molecule has 19 heteroatoms. The SMILES string of the molecule is COC1C=C2[C@H]3CC(C)(C)CC[C@]3(CO)C(O)C[C@@]2(C)[C@]2(C)CC[C@@H]3[C@](C)(CCC(O[C@@H]4O[C@H](C)[C@H](O)[C@H](O[C@@H]5O[C@H](CO)[C@@H](O)[C@H](O)[C@H]5O)[C@H]4O[C@@H]4O[C@H](CO)[C@@H](O)[C@H](O)[C@H]4O)[C@@]3(C)CO)[C@@H]12. The molecule has 0 bridgehead atoms. The van der Waals surface area contributed by atoms with Crippen molar-refractivity contribution in [1.29, 1.82) is 0 Å². The van der Waals surface area contributed by atoms with Gasteiger partial charge in [-0.3, -0.25) is 0 Å². The smallest absolute Gasteiger partial charge is 0.187 e. The summed E-state index contributed by atoms with van der Waals surface area (Å²) in [5.41, 5.74) is -1.53. The van der Waals surface area contributed by atoms with E-state index in [0.717, 1.165) is 25.7 Å². The Kier molecular flexibility index (Phi) is 14.9. The van der Waals surface area contributed by atoms with E-state index < -0.39 is 139 Å². The number of fused-ring (bicyclic) bond motifs is 7. The molecule has 3 unspecified atom stereocenters. The van der Waals surface area contributed by atoms with Gasteiger partial charge in [-0.15, -0.1) is 0 Å². The summed E-state index contributed by atoms with van der Waals surface area (Å²) >= 11 is 0. The fourth-order valence-electron chi connectivity index (χ4n) is 15.5. The molecule has 26 atom stereocenters. The van der Waals surface area contributed by atoms with Crippen LogP contribution < -0.4 is 0 Å². The van der Waals surface area contributed by atoms with Crippen LogP contribution in [0.1, 0.15) is 99.8 Å². The monoisotopic (exact) mass is 975 g/mol. The Balaban J connectivity index is 1.13. The molecule has 3 heterocycles. The summed E-state index contributed by atoms with van der Waals surface area (Å²) in [7, 11) is 1.74. The number of hydrogen-bond donors (Lipinski definition) is 12. The standard InChI is InChI=1S/C49H82O19/c1-22-31(55)38(67-41-36(60)34(58)32(56)26(18-50)64-41)39(68-42-37(61)35(59)33(57)27(19-51)65-42)43(63-22)66-30-10-11-45(4)28(46(30,5)20-52)9-12-47(6)40(45)25(62-8)15-23-24-16-44(2,3)13-14-49(24,21-53)29(54)17-48(23,47)7/h15,22,24-43,50-61H,9-14,16-21H2,1-8H3/t22-,24-,25?,26-,27-,28-,29?,30?,31+,32-,33-,34+,35+,36-,37-,38+,39-,40-,41+,42+,43+,45+,46+,47-,48-,49-/m1/s1. The number of methoxy groups -OCH3 is 1. The largest absolute Gasteiger partial charge is 0.396 e. The lowest BCUT2D eigenvalue weighted by Gasteiger charge is -2.73. The van der Waals surface area contributed by atoms with E-state index in [1.54, 1.807) is 7.11 Å². The molecule has 7 fully saturated rings. The minimum atomic E-state index is -1.90. The predicted octanol–water partition coefficient (Wildman–Crippen LogP) is -0.790. The number of hydrogen-bond acceptors (Lipinski definition) is 19. The molecule has 0 aromatic heterocycles. The number of allylic oxidation sites excluding steroid dienone is 1. The van der Waals surface area contributed by atoms with E-state index in [2.05, 4.69) is 40.7 Å². The summed E-state index contributed by atoms with van der Waals surface area (Å²) in [6.07, 6.45) is -18.5. The molecule has 0 aromatic carbocycles. The minimum Gasteiger partial charge on any atom is -0.396 e. The molecule has 12 N–H and O–H groups in total. The zero-order chi connectivity index (χ0) is 49.8. The Morgan fingerprint density at radius 2 is 1.21 bits per heavy atom. The first kappa shape index (κ1) is 53.3. The summed E-state index contributed by atoms with van der Waals surface area (Å²) in [6.45, 7) is 13.1. The van der Waals surface area contributed by atoms with Gasteiger partial charge >= 0.3 is 0 Å². The predicted molar refractivity (Wildman–Crippen MR) is 238 cm³/mol. The van der Waals surface area contributed by atoms with Gasteiger partial charge in [-0.05, 0) is 91.8 Å². The number of ether oxygens (including phenoxy) is 7. The fraction of sp³-hybridized carbons (Fsp3) is 0.959. The minimum absolute atomic E-state index is 0.0241. The van der Waals surface area contributed by atoms with E-state index in [1.807, 2.05) is 6.92 Å². The van der Waals surface area contributed by atoms with Crippen molar-refractivity contribution >= 4 is 0 Å². The molecule has 0 amide bonds. The maximum absolute atomic E-state index is 12.2. The molecule has 0 spiro atoms. The first-order valence-electron chi connectivity index (χ1n) is 24.9. The van der Waals surface area contributed by atoms with Crippen molar-refractivity contribution in [2.45, 2.75) is 210 Å². The number of aliphatic hydroxyl groups excluding tert-OH is 12. The topological polar surface area (TPSA) is 307 Å². The highest BCUT2D eigenvalue weighted by atomic mass is 16.8. The first-order valence-corrected chi connectivity index (χ1v) is 24.9. The van der Waals surface area contributed by atoms with Crippen LogP contribution in [0.2, 0.25) is 0 Å². The lowest BCUT2D eigenvalue weighted by Crippen LogP contribution is -2.70. The van der Waals surface area contributed by atoms with Crippen molar-refractivity contribution in [2.24, 2.45) is 50.2 Å². The highest BCUT2D eigenvalue weighted by Crippen LogP contribution is 2.76. The van der Waals surface area contributed by atoms with Gasteiger partial charge in [-0.1, -0.05) is 53.2 Å². The molecule has 19 nitrogen and oxygen atoms in total. The van der Waals surface area contributed by atoms with Crippen LogP contribution in [0.3, 0.4) is 0 Å². The van der Waals surface area contributed by atoms with Crippen molar-refractivity contribution in [3.8, 4) is 0 Å². The van der Waals surface area contributed by atoms with Crippen molar-refractivity contribution in [1.82, 2.24) is 0 Å². The van der Waals surface area contributed by atoms with Crippen LogP contribution in [-0.2, 0) is 33.2 Å². The van der Waals surface area contributed by atoms with Gasteiger partial charge in [-0.2, -0.15) is 0 Å². The van der Waals surface area contributed by atoms with E-state index in [1.165, 1.54) is 12.5 Å². The second-order valence-corrected chi connectivity index (χ2v) is 23.8. The molecule has 0 radical (unpaired) electrons. The van der Waals surface area contributed by atoms with Crippen molar-refractivity contribution in [3.63, 3.8) is 0 Å². The van der Waals surface area contributed by atoms with E-state index in [9.17, 15) is 61.3 Å². The van der Waals surface area contributed by atoms with Crippen LogP contribution in [0.4, 0.5) is 0 Å². The normalized spacial score (nSPS) is 55.8. The van der Waals surface area contributed by atoms with Crippen LogP contribution in [0.25, 0.3) is 0 Å². The Hall–Kier alpha value is -1.02. The molecule has 392 valence electrons. The lowest BCUT2D eigenvalue weighted by atomic mass is 9.32. The van der Waals surface area contributed by atoms with Crippen LogP contribution >= 0.6 is 0 Å². The third-order valence-corrected chi connectivity index (χ3v) is 19.8. The summed E-state index contributed by atoms with van der Waals surface area (Å²) in [4.78, 5) is 0. The van der Waals surface area contributed by atoms with Crippen LogP contribution in [0, 0.1) is 50.2 Å².